The summed E-state index contributed by atoms with van der Waals surface area (Å²) in [5, 5.41) is 13.8. The van der Waals surface area contributed by atoms with Crippen molar-refractivity contribution in [3.8, 4) is 17.1 Å². The average molecular weight is 383 g/mol. The van der Waals surface area contributed by atoms with Crippen LogP contribution in [-0.2, 0) is 13.1 Å². The van der Waals surface area contributed by atoms with Gasteiger partial charge in [-0.2, -0.15) is 5.10 Å². The lowest BCUT2D eigenvalue weighted by molar-refractivity contribution is 0.251. The van der Waals surface area contributed by atoms with Gasteiger partial charge >= 0.3 is 6.03 Å². The van der Waals surface area contributed by atoms with Crippen LogP contribution in [0.3, 0.4) is 0 Å². The topological polar surface area (TPSA) is 94.2 Å². The minimum atomic E-state index is -0.322. The predicted molar refractivity (Wildman–Crippen MR) is 106 cm³/mol. The quantitative estimate of drug-likeness (QED) is 0.615. The van der Waals surface area contributed by atoms with E-state index in [9.17, 15) is 4.79 Å². The lowest BCUT2D eigenvalue weighted by Crippen LogP contribution is -2.29. The molecule has 148 valence electrons. The summed E-state index contributed by atoms with van der Waals surface area (Å²) in [6.07, 6.45) is 2.66. The van der Waals surface area contributed by atoms with E-state index in [1.807, 2.05) is 24.3 Å². The number of hydrogen-bond acceptors (Lipinski definition) is 5. The highest BCUT2D eigenvalue weighted by molar-refractivity contribution is 5.88. The van der Waals surface area contributed by atoms with Crippen molar-refractivity contribution in [1.29, 1.82) is 0 Å². The normalized spacial score (nSPS) is 10.9. The van der Waals surface area contributed by atoms with Gasteiger partial charge in [0, 0.05) is 24.2 Å². The smallest absolute Gasteiger partial charge is 0.320 e. The maximum Gasteiger partial charge on any atom is 0.320 e. The van der Waals surface area contributed by atoms with Gasteiger partial charge in [0.15, 0.2) is 5.76 Å². The second kappa shape index (κ2) is 9.07. The van der Waals surface area contributed by atoms with Crippen molar-refractivity contribution in [3.63, 3.8) is 0 Å². The number of amides is 2. The number of nitrogens with one attached hydrogen (secondary N) is 2. The lowest BCUT2D eigenvalue weighted by atomic mass is 10.1. The third-order valence-electron chi connectivity index (χ3n) is 4.22. The Morgan fingerprint density at radius 1 is 1.29 bits per heavy atom. The van der Waals surface area contributed by atoms with E-state index in [1.54, 1.807) is 30.1 Å². The van der Waals surface area contributed by atoms with Crippen LogP contribution < -0.4 is 15.4 Å². The Balaban J connectivity index is 1.54. The summed E-state index contributed by atoms with van der Waals surface area (Å²) in [5.41, 5.74) is 1.48. The van der Waals surface area contributed by atoms with E-state index in [1.165, 1.54) is 0 Å². The molecule has 2 heterocycles. The molecule has 8 nitrogen and oxygen atoms in total. The van der Waals surface area contributed by atoms with E-state index in [2.05, 4.69) is 34.7 Å². The van der Waals surface area contributed by atoms with Crippen LogP contribution in [0.2, 0.25) is 0 Å². The van der Waals surface area contributed by atoms with E-state index in [-0.39, 0.29) is 12.6 Å². The molecule has 2 amide bonds. The lowest BCUT2D eigenvalue weighted by Gasteiger charge is -2.10. The zero-order valence-corrected chi connectivity index (χ0v) is 16.3. The molecule has 3 rings (SSSR count). The molecular formula is C20H25N5O3. The van der Waals surface area contributed by atoms with Crippen molar-refractivity contribution >= 4 is 11.8 Å². The molecule has 2 N–H and O–H groups in total. The molecule has 0 saturated heterocycles. The summed E-state index contributed by atoms with van der Waals surface area (Å²) in [4.78, 5) is 12.2. The number of benzene rings is 1. The standard InChI is InChI=1S/C20H25N5O3/c1-14(2)8-10-25-19(7-9-22-25)23-20(26)21-13-16-12-18(28-24-16)15-5-4-6-17(11-15)27-3/h4-7,9,11-12,14H,8,10,13H2,1-3H3,(H2,21,23,26). The molecule has 0 fully saturated rings. The van der Waals surface area contributed by atoms with E-state index < -0.39 is 0 Å². The minimum Gasteiger partial charge on any atom is -0.497 e. The number of aromatic nitrogens is 3. The Bertz CT molecular complexity index is 916. The van der Waals surface area contributed by atoms with Crippen LogP contribution in [0.15, 0.2) is 47.1 Å². The maximum absolute atomic E-state index is 12.2. The summed E-state index contributed by atoms with van der Waals surface area (Å²) < 4.78 is 12.4. The molecule has 0 radical (unpaired) electrons. The van der Waals surface area contributed by atoms with E-state index in [0.29, 0.717) is 23.2 Å². The number of carbonyl (C=O) groups excluding carboxylic acids is 1. The van der Waals surface area contributed by atoms with Crippen molar-refractivity contribution in [3.05, 3.63) is 48.3 Å². The molecule has 0 spiro atoms. The Labute approximate surface area is 163 Å². The second-order valence-corrected chi connectivity index (χ2v) is 6.84. The van der Waals surface area contributed by atoms with Crippen molar-refractivity contribution in [2.45, 2.75) is 33.4 Å². The van der Waals surface area contributed by atoms with Crippen LogP contribution >= 0.6 is 0 Å². The molecule has 28 heavy (non-hydrogen) atoms. The third-order valence-corrected chi connectivity index (χ3v) is 4.22. The van der Waals surface area contributed by atoms with Crippen molar-refractivity contribution in [1.82, 2.24) is 20.3 Å². The number of urea groups is 1. The Hall–Kier alpha value is -3.29. The van der Waals surface area contributed by atoms with Crippen LogP contribution in [0.25, 0.3) is 11.3 Å². The van der Waals surface area contributed by atoms with Crippen molar-refractivity contribution < 1.29 is 14.1 Å². The second-order valence-electron chi connectivity index (χ2n) is 6.84. The van der Waals surface area contributed by atoms with Crippen LogP contribution in [0.5, 0.6) is 5.75 Å². The first kappa shape index (κ1) is 19.5. The summed E-state index contributed by atoms with van der Waals surface area (Å²) in [6, 6.07) is 10.8. The van der Waals surface area contributed by atoms with Crippen LogP contribution in [0.4, 0.5) is 10.6 Å². The molecule has 0 aliphatic rings. The Kier molecular flexibility index (Phi) is 6.31. The molecule has 1 aromatic carbocycles. The SMILES string of the molecule is COc1cccc(-c2cc(CNC(=O)Nc3ccnn3CCC(C)C)no2)c1. The first-order valence-electron chi connectivity index (χ1n) is 9.22. The number of methoxy groups -OCH3 is 1. The Morgan fingerprint density at radius 2 is 2.14 bits per heavy atom. The zero-order valence-electron chi connectivity index (χ0n) is 16.3. The molecule has 0 bridgehead atoms. The number of nitrogens with zero attached hydrogens (tertiary/aromatic N) is 3. The van der Waals surface area contributed by atoms with Gasteiger partial charge in [-0.15, -0.1) is 0 Å². The van der Waals surface area contributed by atoms with Gasteiger partial charge in [-0.25, -0.2) is 9.48 Å². The number of hydrogen-bond donors (Lipinski definition) is 2. The van der Waals surface area contributed by atoms with Crippen LogP contribution in [-0.4, -0.2) is 28.1 Å². The highest BCUT2D eigenvalue weighted by atomic mass is 16.5. The number of carbonyl (C=O) groups is 1. The highest BCUT2D eigenvalue weighted by Gasteiger charge is 2.11. The molecule has 8 heteroatoms. The molecule has 3 aromatic rings. The average Bonchev–Trinajstić information content (AvgIpc) is 3.34. The first-order chi connectivity index (χ1) is 13.5. The van der Waals surface area contributed by atoms with E-state index in [4.69, 9.17) is 9.26 Å². The van der Waals surface area contributed by atoms with Gasteiger partial charge in [-0.05, 0) is 24.5 Å². The van der Waals surface area contributed by atoms with Gasteiger partial charge in [0.1, 0.15) is 17.3 Å². The van der Waals surface area contributed by atoms with Crippen LogP contribution in [0.1, 0.15) is 26.0 Å². The van der Waals surface area contributed by atoms with Gasteiger partial charge in [0.2, 0.25) is 0 Å². The van der Waals surface area contributed by atoms with Gasteiger partial charge in [0.05, 0.1) is 19.9 Å². The molecule has 0 unspecified atom stereocenters. The molecular weight excluding hydrogens is 358 g/mol. The number of ether oxygens (including phenoxy) is 1. The maximum atomic E-state index is 12.2. The molecule has 0 atom stereocenters. The van der Waals surface area contributed by atoms with Crippen molar-refractivity contribution in [2.24, 2.45) is 5.92 Å². The van der Waals surface area contributed by atoms with E-state index >= 15 is 0 Å². The fourth-order valence-electron chi connectivity index (χ4n) is 2.64. The third kappa shape index (κ3) is 5.12. The first-order valence-corrected chi connectivity index (χ1v) is 9.22. The van der Waals surface area contributed by atoms with Crippen molar-refractivity contribution in [2.75, 3.05) is 12.4 Å². The molecule has 0 aliphatic carbocycles. The monoisotopic (exact) mass is 383 g/mol. The minimum absolute atomic E-state index is 0.249. The van der Waals surface area contributed by atoms with Gasteiger partial charge in [-0.3, -0.25) is 5.32 Å². The fourth-order valence-corrected chi connectivity index (χ4v) is 2.64. The molecule has 0 saturated carbocycles. The predicted octanol–water partition coefficient (Wildman–Crippen LogP) is 3.91. The summed E-state index contributed by atoms with van der Waals surface area (Å²) in [7, 11) is 1.61. The number of aryl methyl sites for hydroxylation is 1. The number of anilines is 1. The summed E-state index contributed by atoms with van der Waals surface area (Å²) in [6.45, 7) is 5.31. The van der Waals surface area contributed by atoms with E-state index in [0.717, 1.165) is 24.3 Å². The zero-order chi connectivity index (χ0) is 19.9. The van der Waals surface area contributed by atoms with Gasteiger partial charge < -0.3 is 14.6 Å². The van der Waals surface area contributed by atoms with Gasteiger partial charge in [0.25, 0.3) is 0 Å². The Morgan fingerprint density at radius 3 is 2.93 bits per heavy atom. The highest BCUT2D eigenvalue weighted by Crippen LogP contribution is 2.24. The number of rotatable bonds is 8. The fraction of sp³-hybridized carbons (Fsp3) is 0.350. The molecule has 0 aliphatic heterocycles. The largest absolute Gasteiger partial charge is 0.497 e. The molecule has 2 aromatic heterocycles. The summed E-state index contributed by atoms with van der Waals surface area (Å²) >= 11 is 0. The van der Waals surface area contributed by atoms with Gasteiger partial charge in [-0.1, -0.05) is 31.1 Å². The summed E-state index contributed by atoms with van der Waals surface area (Å²) in [5.74, 6) is 2.58. The van der Waals surface area contributed by atoms with Crippen LogP contribution in [0, 0.1) is 5.92 Å².